The van der Waals surface area contributed by atoms with Gasteiger partial charge in [-0.2, -0.15) is 0 Å². The van der Waals surface area contributed by atoms with Crippen LogP contribution in [-0.2, 0) is 29.2 Å². The molecule has 0 bridgehead atoms. The molecule has 0 aromatic heterocycles. The van der Waals surface area contributed by atoms with Crippen LogP contribution in [0.5, 0.6) is 11.5 Å². The lowest BCUT2D eigenvalue weighted by Crippen LogP contribution is -2.52. The Morgan fingerprint density at radius 2 is 1.69 bits per heavy atom. The highest BCUT2D eigenvalue weighted by molar-refractivity contribution is 6.05. The third-order valence-electron chi connectivity index (χ3n) is 6.28. The number of amides is 3. The lowest BCUT2D eigenvalue weighted by Gasteiger charge is -2.29. The third-order valence-corrected chi connectivity index (χ3v) is 6.28. The summed E-state index contributed by atoms with van der Waals surface area (Å²) in [7, 11) is 0. The molecule has 0 radical (unpaired) electrons. The van der Waals surface area contributed by atoms with Gasteiger partial charge in [0, 0.05) is 36.2 Å². The van der Waals surface area contributed by atoms with E-state index >= 15 is 4.39 Å². The van der Waals surface area contributed by atoms with Crippen molar-refractivity contribution in [3.05, 3.63) is 94.8 Å². The molecular weight excluding hydrogens is 449 g/mol. The van der Waals surface area contributed by atoms with Crippen molar-refractivity contribution in [3.8, 4) is 11.5 Å². The van der Waals surface area contributed by atoms with Gasteiger partial charge in [0.25, 0.3) is 5.91 Å². The molecule has 0 spiro atoms. The Morgan fingerprint density at radius 3 is 2.43 bits per heavy atom. The summed E-state index contributed by atoms with van der Waals surface area (Å²) in [4.78, 5) is 37.8. The van der Waals surface area contributed by atoms with Crippen LogP contribution in [0.4, 0.5) is 4.39 Å². The standard InChI is InChI=1S/C27H24FN3O4/c28-25-18(15-29-14-17-6-9-20(10-7-17)35-19-4-2-1-3-5-19)8-11-21-22(25)16-31(27(21)34)23-12-13-24(32)30-26(23)33/h1-11,23,29H,12-16H2,(H,30,32,33). The second-order valence-corrected chi connectivity index (χ2v) is 8.63. The molecule has 0 aliphatic carbocycles. The number of halogens is 1. The number of hydrogen-bond donors (Lipinski definition) is 2. The maximum absolute atomic E-state index is 15.2. The molecule has 0 saturated carbocycles. The SMILES string of the molecule is O=C1CCC(N2Cc3c(ccc(CNCc4ccc(Oc5ccccc5)cc4)c3F)C2=O)C(=O)N1. The molecule has 2 aliphatic heterocycles. The van der Waals surface area contributed by atoms with E-state index in [-0.39, 0.29) is 43.3 Å². The van der Waals surface area contributed by atoms with Crippen molar-refractivity contribution in [2.75, 3.05) is 0 Å². The van der Waals surface area contributed by atoms with Crippen LogP contribution in [0.3, 0.4) is 0 Å². The Morgan fingerprint density at radius 1 is 0.943 bits per heavy atom. The van der Waals surface area contributed by atoms with Gasteiger partial charge in [-0.15, -0.1) is 0 Å². The molecular formula is C27H24FN3O4. The van der Waals surface area contributed by atoms with Gasteiger partial charge in [0.05, 0.1) is 6.54 Å². The van der Waals surface area contributed by atoms with Crippen molar-refractivity contribution >= 4 is 17.7 Å². The molecule has 3 aromatic rings. The second kappa shape index (κ2) is 9.68. The summed E-state index contributed by atoms with van der Waals surface area (Å²) >= 11 is 0. The van der Waals surface area contributed by atoms with Gasteiger partial charge in [-0.25, -0.2) is 4.39 Å². The number of rotatable bonds is 7. The van der Waals surface area contributed by atoms with E-state index in [4.69, 9.17) is 4.74 Å². The zero-order valence-electron chi connectivity index (χ0n) is 18.9. The van der Waals surface area contributed by atoms with Gasteiger partial charge in [0.2, 0.25) is 11.8 Å². The molecule has 2 aliphatic rings. The number of nitrogens with one attached hydrogen (secondary N) is 2. The summed E-state index contributed by atoms with van der Waals surface area (Å²) < 4.78 is 21.0. The van der Waals surface area contributed by atoms with E-state index in [1.165, 1.54) is 4.90 Å². The minimum absolute atomic E-state index is 0.0169. The summed E-state index contributed by atoms with van der Waals surface area (Å²) in [6.45, 7) is 0.834. The molecule has 2 N–H and O–H groups in total. The molecule has 1 fully saturated rings. The van der Waals surface area contributed by atoms with E-state index in [1.807, 2.05) is 54.6 Å². The molecule has 8 heteroatoms. The first-order chi connectivity index (χ1) is 17.0. The minimum atomic E-state index is -0.762. The molecule has 2 heterocycles. The van der Waals surface area contributed by atoms with Gasteiger partial charge in [-0.3, -0.25) is 19.7 Å². The third kappa shape index (κ3) is 4.79. The predicted molar refractivity (Wildman–Crippen MR) is 126 cm³/mol. The van der Waals surface area contributed by atoms with Crippen LogP contribution >= 0.6 is 0 Å². The van der Waals surface area contributed by atoms with Gasteiger partial charge >= 0.3 is 0 Å². The molecule has 7 nitrogen and oxygen atoms in total. The molecule has 1 unspecified atom stereocenters. The molecule has 1 saturated heterocycles. The zero-order valence-corrected chi connectivity index (χ0v) is 18.9. The average molecular weight is 474 g/mol. The van der Waals surface area contributed by atoms with Crippen LogP contribution in [0.1, 0.15) is 39.9 Å². The lowest BCUT2D eigenvalue weighted by atomic mass is 10.0. The second-order valence-electron chi connectivity index (χ2n) is 8.63. The normalized spacial score (nSPS) is 17.3. The summed E-state index contributed by atoms with van der Waals surface area (Å²) in [6.07, 6.45) is 0.406. The first-order valence-corrected chi connectivity index (χ1v) is 11.5. The zero-order chi connectivity index (χ0) is 24.4. The van der Waals surface area contributed by atoms with Crippen LogP contribution < -0.4 is 15.4 Å². The molecule has 5 rings (SSSR count). The number of ether oxygens (including phenoxy) is 1. The summed E-state index contributed by atoms with van der Waals surface area (Å²) in [5, 5.41) is 5.49. The van der Waals surface area contributed by atoms with Crippen molar-refractivity contribution in [3.63, 3.8) is 0 Å². The highest BCUT2D eigenvalue weighted by Crippen LogP contribution is 2.30. The number of carbonyl (C=O) groups excluding carboxylic acids is 3. The predicted octanol–water partition coefficient (Wildman–Crippen LogP) is 3.67. The van der Waals surface area contributed by atoms with E-state index in [0.717, 1.165) is 17.1 Å². The highest BCUT2D eigenvalue weighted by atomic mass is 19.1. The van der Waals surface area contributed by atoms with Gasteiger partial charge in [0.15, 0.2) is 0 Å². The lowest BCUT2D eigenvalue weighted by molar-refractivity contribution is -0.136. The Balaban J connectivity index is 1.19. The van der Waals surface area contributed by atoms with Crippen molar-refractivity contribution in [1.29, 1.82) is 0 Å². The van der Waals surface area contributed by atoms with Crippen LogP contribution in [0.15, 0.2) is 66.7 Å². The quantitative estimate of drug-likeness (QED) is 0.512. The van der Waals surface area contributed by atoms with E-state index in [9.17, 15) is 14.4 Å². The monoisotopic (exact) mass is 473 g/mol. The number of para-hydroxylation sites is 1. The highest BCUT2D eigenvalue weighted by Gasteiger charge is 2.40. The Labute approximate surface area is 201 Å². The van der Waals surface area contributed by atoms with Crippen molar-refractivity contribution < 1.29 is 23.5 Å². The largest absolute Gasteiger partial charge is 0.457 e. The average Bonchev–Trinajstić information content (AvgIpc) is 3.19. The van der Waals surface area contributed by atoms with Crippen molar-refractivity contribution in [2.45, 2.75) is 38.5 Å². The minimum Gasteiger partial charge on any atom is -0.457 e. The molecule has 3 amide bonds. The van der Waals surface area contributed by atoms with E-state index < -0.39 is 17.8 Å². The number of benzene rings is 3. The number of fused-ring (bicyclic) bond motifs is 1. The number of nitrogens with zero attached hydrogens (tertiary/aromatic N) is 1. The molecule has 35 heavy (non-hydrogen) atoms. The topological polar surface area (TPSA) is 87.7 Å². The number of hydrogen-bond acceptors (Lipinski definition) is 5. The molecule has 178 valence electrons. The van der Waals surface area contributed by atoms with Gasteiger partial charge < -0.3 is 15.0 Å². The summed E-state index contributed by atoms with van der Waals surface area (Å²) in [5.41, 5.74) is 2.03. The summed E-state index contributed by atoms with van der Waals surface area (Å²) in [6, 6.07) is 19.6. The molecule has 3 aromatic carbocycles. The maximum atomic E-state index is 15.2. The fourth-order valence-corrected chi connectivity index (χ4v) is 4.43. The van der Waals surface area contributed by atoms with E-state index in [2.05, 4.69) is 10.6 Å². The first kappa shape index (κ1) is 22.7. The van der Waals surface area contributed by atoms with E-state index in [1.54, 1.807) is 12.1 Å². The molecule has 1 atom stereocenters. The fourth-order valence-electron chi connectivity index (χ4n) is 4.43. The maximum Gasteiger partial charge on any atom is 0.255 e. The Hall–Kier alpha value is -4.04. The van der Waals surface area contributed by atoms with E-state index in [0.29, 0.717) is 17.7 Å². The van der Waals surface area contributed by atoms with Crippen LogP contribution in [-0.4, -0.2) is 28.7 Å². The van der Waals surface area contributed by atoms with Crippen molar-refractivity contribution in [2.24, 2.45) is 0 Å². The number of carbonyl (C=O) groups is 3. The number of imide groups is 1. The number of piperidine rings is 1. The van der Waals surface area contributed by atoms with Crippen LogP contribution in [0.25, 0.3) is 0 Å². The van der Waals surface area contributed by atoms with Gasteiger partial charge in [-0.05, 0) is 42.3 Å². The fraction of sp³-hybridized carbons (Fsp3) is 0.222. The smallest absolute Gasteiger partial charge is 0.255 e. The van der Waals surface area contributed by atoms with Crippen molar-refractivity contribution in [1.82, 2.24) is 15.5 Å². The van der Waals surface area contributed by atoms with Crippen LogP contribution in [0.2, 0.25) is 0 Å². The van der Waals surface area contributed by atoms with Gasteiger partial charge in [0.1, 0.15) is 23.4 Å². The summed E-state index contributed by atoms with van der Waals surface area (Å²) in [5.74, 6) is -0.191. The Kier molecular flexibility index (Phi) is 6.29. The first-order valence-electron chi connectivity index (χ1n) is 11.5. The van der Waals surface area contributed by atoms with Gasteiger partial charge in [-0.1, -0.05) is 36.4 Å². The Bertz CT molecular complexity index is 1280. The van der Waals surface area contributed by atoms with Crippen LogP contribution in [0, 0.1) is 5.82 Å².